The van der Waals surface area contributed by atoms with Crippen LogP contribution < -0.4 is 4.74 Å². The number of benzene rings is 1. The first-order chi connectivity index (χ1) is 9.13. The summed E-state index contributed by atoms with van der Waals surface area (Å²) in [5.41, 5.74) is 2.19. The fourth-order valence-electron chi connectivity index (χ4n) is 1.76. The molecule has 0 saturated carbocycles. The zero-order valence-corrected chi connectivity index (χ0v) is 12.1. The summed E-state index contributed by atoms with van der Waals surface area (Å²) in [5.74, 6) is 0.853. The lowest BCUT2D eigenvalue weighted by atomic mass is 10.1. The number of thiazole rings is 1. The van der Waals surface area contributed by atoms with E-state index in [0.717, 1.165) is 29.3 Å². The molecule has 0 amide bonds. The zero-order valence-electron chi connectivity index (χ0n) is 11.3. The highest BCUT2D eigenvalue weighted by Gasteiger charge is 2.01. The second-order valence-corrected chi connectivity index (χ2v) is 5.74. The van der Waals surface area contributed by atoms with E-state index in [2.05, 4.69) is 4.98 Å². The van der Waals surface area contributed by atoms with E-state index in [1.807, 2.05) is 43.5 Å². The number of ether oxygens (including phenoxy) is 1. The van der Waals surface area contributed by atoms with Gasteiger partial charge in [0, 0.05) is 5.38 Å². The molecule has 2 rings (SSSR count). The molecular weight excluding hydrogens is 258 g/mol. The lowest BCUT2D eigenvalue weighted by Gasteiger charge is -2.07. The smallest absolute Gasteiger partial charge is 0.131 e. The monoisotopic (exact) mass is 277 g/mol. The molecule has 1 heterocycles. The molecule has 0 aliphatic rings. The number of nitrogens with zero attached hydrogens (tertiary/aromatic N) is 1. The molecule has 0 spiro atoms. The SMILES string of the molecule is Cc1nc(COc2ccc(CCC(C)O)cc2)cs1. The molecule has 0 aliphatic heterocycles. The molecule has 2 aromatic rings. The molecule has 0 radical (unpaired) electrons. The van der Waals surface area contributed by atoms with Crippen molar-refractivity contribution >= 4 is 11.3 Å². The van der Waals surface area contributed by atoms with Gasteiger partial charge in [-0.25, -0.2) is 4.98 Å². The van der Waals surface area contributed by atoms with Gasteiger partial charge in [0.1, 0.15) is 12.4 Å². The Morgan fingerprint density at radius 2 is 2.05 bits per heavy atom. The standard InChI is InChI=1S/C15H19NO2S/c1-11(17)3-4-13-5-7-15(8-6-13)18-9-14-10-19-12(2)16-14/h5-8,10-11,17H,3-4,9H2,1-2H3. The van der Waals surface area contributed by atoms with Gasteiger partial charge in [-0.3, -0.25) is 0 Å². The van der Waals surface area contributed by atoms with Crippen molar-refractivity contribution in [1.29, 1.82) is 0 Å². The number of hydrogen-bond acceptors (Lipinski definition) is 4. The summed E-state index contributed by atoms with van der Waals surface area (Å²) in [6.45, 7) is 4.32. The van der Waals surface area contributed by atoms with Crippen LogP contribution in [-0.2, 0) is 13.0 Å². The third kappa shape index (κ3) is 4.65. The summed E-state index contributed by atoms with van der Waals surface area (Å²) < 4.78 is 5.68. The van der Waals surface area contributed by atoms with Crippen molar-refractivity contribution in [2.75, 3.05) is 0 Å². The second kappa shape index (κ2) is 6.68. The average molecular weight is 277 g/mol. The van der Waals surface area contributed by atoms with Gasteiger partial charge >= 0.3 is 0 Å². The summed E-state index contributed by atoms with van der Waals surface area (Å²) in [6.07, 6.45) is 1.44. The predicted molar refractivity (Wildman–Crippen MR) is 77.6 cm³/mol. The van der Waals surface area contributed by atoms with Gasteiger partial charge in [-0.15, -0.1) is 11.3 Å². The second-order valence-electron chi connectivity index (χ2n) is 4.68. The van der Waals surface area contributed by atoms with Crippen LogP contribution in [0.25, 0.3) is 0 Å². The van der Waals surface area contributed by atoms with Crippen molar-refractivity contribution in [1.82, 2.24) is 4.98 Å². The van der Waals surface area contributed by atoms with Gasteiger partial charge in [0.25, 0.3) is 0 Å². The first-order valence-electron chi connectivity index (χ1n) is 6.44. The van der Waals surface area contributed by atoms with E-state index in [-0.39, 0.29) is 6.10 Å². The van der Waals surface area contributed by atoms with Crippen LogP contribution in [0.2, 0.25) is 0 Å². The topological polar surface area (TPSA) is 42.4 Å². The Kier molecular flexibility index (Phi) is 4.93. The minimum absolute atomic E-state index is 0.246. The molecule has 1 aromatic carbocycles. The predicted octanol–water partition coefficient (Wildman–Crippen LogP) is 3.34. The van der Waals surface area contributed by atoms with E-state index in [0.29, 0.717) is 6.61 Å². The Balaban J connectivity index is 1.84. The molecular formula is C15H19NO2S. The Morgan fingerprint density at radius 1 is 1.32 bits per heavy atom. The van der Waals surface area contributed by atoms with E-state index in [4.69, 9.17) is 4.74 Å². The van der Waals surface area contributed by atoms with E-state index in [1.54, 1.807) is 11.3 Å². The Labute approximate surface area is 117 Å². The van der Waals surface area contributed by atoms with Crippen molar-refractivity contribution in [3.8, 4) is 5.75 Å². The highest BCUT2D eigenvalue weighted by atomic mass is 32.1. The van der Waals surface area contributed by atoms with Crippen molar-refractivity contribution in [3.05, 3.63) is 45.9 Å². The van der Waals surface area contributed by atoms with Crippen LogP contribution in [0.1, 0.15) is 29.6 Å². The fourth-order valence-corrected chi connectivity index (χ4v) is 2.36. The van der Waals surface area contributed by atoms with Gasteiger partial charge in [0.2, 0.25) is 0 Å². The summed E-state index contributed by atoms with van der Waals surface area (Å²) in [4.78, 5) is 4.36. The third-order valence-corrected chi connectivity index (χ3v) is 3.65. The molecule has 1 N–H and O–H groups in total. The van der Waals surface area contributed by atoms with Crippen LogP contribution in [0.15, 0.2) is 29.6 Å². The van der Waals surface area contributed by atoms with E-state index >= 15 is 0 Å². The molecule has 0 fully saturated rings. The highest BCUT2D eigenvalue weighted by Crippen LogP contribution is 2.16. The van der Waals surface area contributed by atoms with Crippen molar-refractivity contribution in [2.24, 2.45) is 0 Å². The quantitative estimate of drug-likeness (QED) is 0.880. The minimum Gasteiger partial charge on any atom is -0.487 e. The Bertz CT molecular complexity index is 505. The zero-order chi connectivity index (χ0) is 13.7. The maximum absolute atomic E-state index is 9.25. The van der Waals surface area contributed by atoms with Crippen LogP contribution in [0.3, 0.4) is 0 Å². The molecule has 1 unspecified atom stereocenters. The van der Waals surface area contributed by atoms with Gasteiger partial charge in [-0.1, -0.05) is 12.1 Å². The lowest BCUT2D eigenvalue weighted by molar-refractivity contribution is 0.185. The lowest BCUT2D eigenvalue weighted by Crippen LogP contribution is -2.01. The first-order valence-corrected chi connectivity index (χ1v) is 7.32. The maximum Gasteiger partial charge on any atom is 0.131 e. The third-order valence-electron chi connectivity index (χ3n) is 2.83. The van der Waals surface area contributed by atoms with Crippen LogP contribution in [0, 0.1) is 6.92 Å². The normalized spacial score (nSPS) is 12.4. The molecule has 0 aliphatic carbocycles. The molecule has 4 heteroatoms. The van der Waals surface area contributed by atoms with Crippen LogP contribution in [0.4, 0.5) is 0 Å². The van der Waals surface area contributed by atoms with Gasteiger partial charge < -0.3 is 9.84 Å². The van der Waals surface area contributed by atoms with Gasteiger partial charge in [-0.05, 0) is 44.4 Å². The number of aliphatic hydroxyl groups is 1. The van der Waals surface area contributed by atoms with Crippen LogP contribution >= 0.6 is 11.3 Å². The summed E-state index contributed by atoms with van der Waals surface area (Å²) >= 11 is 1.64. The molecule has 102 valence electrons. The largest absolute Gasteiger partial charge is 0.487 e. The van der Waals surface area contributed by atoms with Crippen molar-refractivity contribution in [2.45, 2.75) is 39.4 Å². The van der Waals surface area contributed by atoms with E-state index in [9.17, 15) is 5.11 Å². The molecule has 3 nitrogen and oxygen atoms in total. The van der Waals surface area contributed by atoms with E-state index < -0.39 is 0 Å². The maximum atomic E-state index is 9.25. The van der Waals surface area contributed by atoms with Crippen LogP contribution in [0.5, 0.6) is 5.75 Å². The number of aromatic nitrogens is 1. The molecule has 0 bridgehead atoms. The van der Waals surface area contributed by atoms with Crippen LogP contribution in [-0.4, -0.2) is 16.2 Å². The average Bonchev–Trinajstić information content (AvgIpc) is 2.81. The van der Waals surface area contributed by atoms with Gasteiger partial charge in [-0.2, -0.15) is 0 Å². The van der Waals surface area contributed by atoms with Gasteiger partial charge in [0.05, 0.1) is 16.8 Å². The first kappa shape index (κ1) is 14.0. The molecule has 19 heavy (non-hydrogen) atoms. The Morgan fingerprint density at radius 3 is 2.63 bits per heavy atom. The van der Waals surface area contributed by atoms with Gasteiger partial charge in [0.15, 0.2) is 0 Å². The number of aliphatic hydroxyl groups excluding tert-OH is 1. The number of aryl methyl sites for hydroxylation is 2. The highest BCUT2D eigenvalue weighted by molar-refractivity contribution is 7.09. The summed E-state index contributed by atoms with van der Waals surface area (Å²) in [6, 6.07) is 8.03. The summed E-state index contributed by atoms with van der Waals surface area (Å²) in [5, 5.41) is 12.3. The number of hydrogen-bond donors (Lipinski definition) is 1. The minimum atomic E-state index is -0.246. The molecule has 1 atom stereocenters. The molecule has 0 saturated heterocycles. The van der Waals surface area contributed by atoms with E-state index in [1.165, 1.54) is 5.56 Å². The van der Waals surface area contributed by atoms with Crippen molar-refractivity contribution in [3.63, 3.8) is 0 Å². The fraction of sp³-hybridized carbons (Fsp3) is 0.400. The van der Waals surface area contributed by atoms with Crippen molar-refractivity contribution < 1.29 is 9.84 Å². The molecule has 1 aromatic heterocycles. The summed E-state index contributed by atoms with van der Waals surface area (Å²) in [7, 11) is 0. The number of rotatable bonds is 6. The Hall–Kier alpha value is -1.39.